The zero-order valence-electron chi connectivity index (χ0n) is 14.8. The molecule has 0 spiro atoms. The van der Waals surface area contributed by atoms with Crippen LogP contribution >= 0.6 is 12.2 Å². The van der Waals surface area contributed by atoms with E-state index in [4.69, 9.17) is 17.0 Å². The van der Waals surface area contributed by atoms with E-state index >= 15 is 0 Å². The summed E-state index contributed by atoms with van der Waals surface area (Å²) in [5.74, 6) is 0.823. The molecule has 3 aromatic carbocycles. The number of ether oxygens (including phenoxy) is 1. The Kier molecular flexibility index (Phi) is 6.95. The van der Waals surface area contributed by atoms with Crippen molar-refractivity contribution in [2.75, 3.05) is 0 Å². The van der Waals surface area contributed by atoms with Crippen LogP contribution in [0.5, 0.6) is 5.75 Å². The molecule has 0 aliphatic heterocycles. The van der Waals surface area contributed by atoms with Gasteiger partial charge in [0.15, 0.2) is 5.11 Å². The number of nitrogens with one attached hydrogen (secondary N) is 2. The first-order valence-corrected chi connectivity index (χ1v) is 9.08. The number of benzene rings is 3. The molecule has 3 aromatic rings. The van der Waals surface area contributed by atoms with E-state index in [9.17, 15) is 0 Å². The van der Waals surface area contributed by atoms with Gasteiger partial charge in [-0.3, -0.25) is 5.43 Å². The largest absolute Gasteiger partial charge is 0.489 e. The quantitative estimate of drug-likeness (QED) is 0.368. The number of hydrogen-bond donors (Lipinski definition) is 2. The van der Waals surface area contributed by atoms with Gasteiger partial charge in [-0.25, -0.2) is 0 Å². The van der Waals surface area contributed by atoms with Crippen molar-refractivity contribution >= 4 is 23.5 Å². The lowest BCUT2D eigenvalue weighted by atomic mass is 10.2. The molecule has 27 heavy (non-hydrogen) atoms. The number of nitrogens with zero attached hydrogens (tertiary/aromatic N) is 1. The van der Waals surface area contributed by atoms with E-state index in [2.05, 4.69) is 15.8 Å². The van der Waals surface area contributed by atoms with Crippen molar-refractivity contribution in [2.24, 2.45) is 5.10 Å². The van der Waals surface area contributed by atoms with E-state index in [1.165, 1.54) is 0 Å². The number of hydrazone groups is 1. The summed E-state index contributed by atoms with van der Waals surface area (Å²) in [6.45, 7) is 1.22. The molecule has 5 heteroatoms. The van der Waals surface area contributed by atoms with Gasteiger partial charge in [0.2, 0.25) is 0 Å². The molecule has 136 valence electrons. The molecule has 0 unspecified atom stereocenters. The van der Waals surface area contributed by atoms with Gasteiger partial charge in [-0.1, -0.05) is 60.7 Å². The molecule has 0 aliphatic carbocycles. The third kappa shape index (κ3) is 6.56. The highest BCUT2D eigenvalue weighted by Crippen LogP contribution is 2.13. The van der Waals surface area contributed by atoms with Crippen LogP contribution in [0, 0.1) is 0 Å². The minimum atomic E-state index is 0.484. The fraction of sp³-hybridized carbons (Fsp3) is 0.0909. The predicted octanol–water partition coefficient (Wildman–Crippen LogP) is 4.26. The van der Waals surface area contributed by atoms with Gasteiger partial charge in [0.25, 0.3) is 0 Å². The van der Waals surface area contributed by atoms with E-state index < -0.39 is 0 Å². The molecular formula is C22H21N3OS. The summed E-state index contributed by atoms with van der Waals surface area (Å²) in [4.78, 5) is 0. The second-order valence-corrected chi connectivity index (χ2v) is 6.29. The maximum Gasteiger partial charge on any atom is 0.187 e. The van der Waals surface area contributed by atoms with Crippen molar-refractivity contribution in [1.29, 1.82) is 0 Å². The third-order valence-corrected chi connectivity index (χ3v) is 4.04. The second kappa shape index (κ2) is 10.1. The highest BCUT2D eigenvalue weighted by Gasteiger charge is 1.97. The van der Waals surface area contributed by atoms with Crippen molar-refractivity contribution in [1.82, 2.24) is 10.7 Å². The van der Waals surface area contributed by atoms with Gasteiger partial charge in [0.1, 0.15) is 12.4 Å². The minimum absolute atomic E-state index is 0.484. The first-order valence-electron chi connectivity index (χ1n) is 8.67. The molecule has 0 fully saturated rings. The number of rotatable bonds is 7. The van der Waals surface area contributed by atoms with Crippen LogP contribution in [0.2, 0.25) is 0 Å². The Balaban J connectivity index is 1.41. The summed E-state index contributed by atoms with van der Waals surface area (Å²) < 4.78 is 5.77. The van der Waals surface area contributed by atoms with Crippen LogP contribution in [0.1, 0.15) is 16.7 Å². The van der Waals surface area contributed by atoms with E-state index in [1.807, 2.05) is 84.9 Å². The molecule has 0 amide bonds. The molecule has 0 bridgehead atoms. The van der Waals surface area contributed by atoms with Crippen LogP contribution in [0.4, 0.5) is 0 Å². The van der Waals surface area contributed by atoms with E-state index in [0.717, 1.165) is 22.4 Å². The molecule has 0 saturated carbocycles. The normalized spacial score (nSPS) is 10.5. The first kappa shape index (κ1) is 18.6. The standard InChI is InChI=1S/C22H21N3OS/c27-22(23-15-18-7-3-1-4-8-18)25-24-16-19-11-13-21(14-12-19)26-17-20-9-5-2-6-10-20/h1-14,16H,15,17H2,(H2,23,25,27)/b24-16-. The maximum atomic E-state index is 5.77. The molecule has 0 heterocycles. The van der Waals surface area contributed by atoms with Gasteiger partial charge in [0.05, 0.1) is 6.21 Å². The minimum Gasteiger partial charge on any atom is -0.489 e. The average molecular weight is 375 g/mol. The molecule has 0 saturated heterocycles. The SMILES string of the molecule is S=C(NCc1ccccc1)N/N=C\c1ccc(OCc2ccccc2)cc1. The molecule has 4 nitrogen and oxygen atoms in total. The van der Waals surface area contributed by atoms with Gasteiger partial charge < -0.3 is 10.1 Å². The van der Waals surface area contributed by atoms with Crippen molar-refractivity contribution in [3.8, 4) is 5.75 Å². The highest BCUT2D eigenvalue weighted by molar-refractivity contribution is 7.80. The Labute approximate surface area is 164 Å². The summed E-state index contributed by atoms with van der Waals surface area (Å²) in [6.07, 6.45) is 1.72. The molecular weight excluding hydrogens is 354 g/mol. The van der Waals surface area contributed by atoms with E-state index in [0.29, 0.717) is 18.3 Å². The summed E-state index contributed by atoms with van der Waals surface area (Å²) >= 11 is 5.21. The Morgan fingerprint density at radius 3 is 2.15 bits per heavy atom. The first-order chi connectivity index (χ1) is 13.3. The van der Waals surface area contributed by atoms with Gasteiger partial charge in [-0.15, -0.1) is 0 Å². The monoisotopic (exact) mass is 375 g/mol. The van der Waals surface area contributed by atoms with Crippen molar-refractivity contribution < 1.29 is 4.74 Å². The van der Waals surface area contributed by atoms with Gasteiger partial charge in [0, 0.05) is 6.54 Å². The zero-order chi connectivity index (χ0) is 18.7. The molecule has 0 aromatic heterocycles. The summed E-state index contributed by atoms with van der Waals surface area (Å²) in [6, 6.07) is 27.9. The molecule has 0 aliphatic rings. The summed E-state index contributed by atoms with van der Waals surface area (Å²) in [7, 11) is 0. The fourth-order valence-corrected chi connectivity index (χ4v) is 2.50. The summed E-state index contributed by atoms with van der Waals surface area (Å²) in [5, 5.41) is 7.75. The van der Waals surface area contributed by atoms with Crippen LogP contribution in [-0.4, -0.2) is 11.3 Å². The van der Waals surface area contributed by atoms with E-state index in [-0.39, 0.29) is 0 Å². The Morgan fingerprint density at radius 1 is 0.852 bits per heavy atom. The zero-order valence-corrected chi connectivity index (χ0v) is 15.7. The lowest BCUT2D eigenvalue weighted by Gasteiger charge is -2.07. The van der Waals surface area contributed by atoms with Gasteiger partial charge in [-0.05, 0) is 53.2 Å². The maximum absolute atomic E-state index is 5.77. The third-order valence-electron chi connectivity index (χ3n) is 3.80. The predicted molar refractivity (Wildman–Crippen MR) is 114 cm³/mol. The van der Waals surface area contributed by atoms with Crippen LogP contribution < -0.4 is 15.5 Å². The fourth-order valence-electron chi connectivity index (χ4n) is 2.37. The lowest BCUT2D eigenvalue weighted by molar-refractivity contribution is 0.306. The Morgan fingerprint density at radius 2 is 1.48 bits per heavy atom. The van der Waals surface area contributed by atoms with Gasteiger partial charge >= 0.3 is 0 Å². The highest BCUT2D eigenvalue weighted by atomic mass is 32.1. The van der Waals surface area contributed by atoms with Crippen LogP contribution in [0.25, 0.3) is 0 Å². The van der Waals surface area contributed by atoms with Crippen LogP contribution in [0.3, 0.4) is 0 Å². The Hall–Kier alpha value is -3.18. The van der Waals surface area contributed by atoms with Crippen molar-refractivity contribution in [3.05, 3.63) is 102 Å². The smallest absolute Gasteiger partial charge is 0.187 e. The summed E-state index contributed by atoms with van der Waals surface area (Å²) in [5.41, 5.74) is 6.09. The Bertz CT molecular complexity index is 865. The lowest BCUT2D eigenvalue weighted by Crippen LogP contribution is -2.31. The van der Waals surface area contributed by atoms with Crippen LogP contribution in [0.15, 0.2) is 90.0 Å². The molecule has 0 atom stereocenters. The number of hydrogen-bond acceptors (Lipinski definition) is 3. The second-order valence-electron chi connectivity index (χ2n) is 5.88. The number of thiocarbonyl (C=S) groups is 1. The molecule has 3 rings (SSSR count). The molecule has 0 radical (unpaired) electrons. The van der Waals surface area contributed by atoms with Gasteiger partial charge in [-0.2, -0.15) is 5.10 Å². The van der Waals surface area contributed by atoms with E-state index in [1.54, 1.807) is 6.21 Å². The average Bonchev–Trinajstić information content (AvgIpc) is 2.73. The van der Waals surface area contributed by atoms with Crippen molar-refractivity contribution in [3.63, 3.8) is 0 Å². The molecule has 2 N–H and O–H groups in total. The topological polar surface area (TPSA) is 45.7 Å². The van der Waals surface area contributed by atoms with Crippen LogP contribution in [-0.2, 0) is 13.2 Å². The van der Waals surface area contributed by atoms with Crippen molar-refractivity contribution in [2.45, 2.75) is 13.2 Å².